The Balaban J connectivity index is 0.00000312. The van der Waals surface area contributed by atoms with Crippen LogP contribution in [0.25, 0.3) is 0 Å². The summed E-state index contributed by atoms with van der Waals surface area (Å²) >= 11 is 0. The summed E-state index contributed by atoms with van der Waals surface area (Å²) in [7, 11) is 6.44. The smallest absolute Gasteiger partial charge is 0.259 e. The quantitative estimate of drug-likeness (QED) is 0.788. The Labute approximate surface area is 153 Å². The third-order valence-electron chi connectivity index (χ3n) is 3.54. The molecule has 2 rings (SSSR count). The summed E-state index contributed by atoms with van der Waals surface area (Å²) in [5, 5.41) is 5.93. The number of ether oxygens (including phenoxy) is 3. The van der Waals surface area contributed by atoms with E-state index >= 15 is 0 Å². The van der Waals surface area contributed by atoms with Gasteiger partial charge in [-0.1, -0.05) is 12.1 Å². The molecule has 0 aliphatic rings. The van der Waals surface area contributed by atoms with E-state index in [1.807, 2.05) is 31.3 Å². The van der Waals surface area contributed by atoms with Gasteiger partial charge < -0.3 is 24.8 Å². The highest BCUT2D eigenvalue weighted by molar-refractivity contribution is 6.06. The van der Waals surface area contributed by atoms with Crippen molar-refractivity contribution in [2.75, 3.05) is 33.7 Å². The fraction of sp³-hybridized carbons (Fsp3) is 0.278. The van der Waals surface area contributed by atoms with Crippen LogP contribution in [0.15, 0.2) is 36.4 Å². The molecular formula is C18H23ClN2O4. The molecule has 0 aliphatic carbocycles. The summed E-state index contributed by atoms with van der Waals surface area (Å²) < 4.78 is 15.8. The maximum atomic E-state index is 12.6. The number of anilines is 1. The first kappa shape index (κ1) is 20.6. The van der Waals surface area contributed by atoms with Crippen LogP contribution in [0, 0.1) is 0 Å². The van der Waals surface area contributed by atoms with Crippen LogP contribution in [0.5, 0.6) is 17.2 Å². The average molecular weight is 367 g/mol. The Morgan fingerprint density at radius 2 is 1.48 bits per heavy atom. The van der Waals surface area contributed by atoms with Gasteiger partial charge in [0.2, 0.25) is 0 Å². The van der Waals surface area contributed by atoms with E-state index in [0.717, 1.165) is 12.1 Å². The van der Waals surface area contributed by atoms with Crippen LogP contribution in [0.3, 0.4) is 0 Å². The van der Waals surface area contributed by atoms with Gasteiger partial charge in [0.25, 0.3) is 5.91 Å². The van der Waals surface area contributed by atoms with E-state index in [-0.39, 0.29) is 18.3 Å². The normalized spacial score (nSPS) is 9.76. The molecule has 0 radical (unpaired) electrons. The highest BCUT2D eigenvalue weighted by Gasteiger charge is 2.17. The molecule has 0 bridgehead atoms. The van der Waals surface area contributed by atoms with E-state index in [4.69, 9.17) is 14.2 Å². The van der Waals surface area contributed by atoms with E-state index in [9.17, 15) is 4.79 Å². The number of carbonyl (C=O) groups is 1. The summed E-state index contributed by atoms with van der Waals surface area (Å²) in [6, 6.07) is 10.9. The molecule has 0 fully saturated rings. The minimum absolute atomic E-state index is 0. The van der Waals surface area contributed by atoms with Crippen LogP contribution < -0.4 is 24.8 Å². The van der Waals surface area contributed by atoms with Crippen LogP contribution in [-0.4, -0.2) is 34.3 Å². The van der Waals surface area contributed by atoms with Gasteiger partial charge in [-0.2, -0.15) is 0 Å². The average Bonchev–Trinajstić information content (AvgIpc) is 2.62. The van der Waals surface area contributed by atoms with Crippen LogP contribution in [0.1, 0.15) is 15.9 Å². The van der Waals surface area contributed by atoms with E-state index in [0.29, 0.717) is 28.5 Å². The predicted octanol–water partition coefficient (Wildman–Crippen LogP) is 3.11. The van der Waals surface area contributed by atoms with Crippen molar-refractivity contribution in [3.63, 3.8) is 0 Å². The first-order valence-electron chi connectivity index (χ1n) is 7.47. The lowest BCUT2D eigenvalue weighted by Crippen LogP contribution is -2.14. The Morgan fingerprint density at radius 3 is 2.00 bits per heavy atom. The van der Waals surface area contributed by atoms with Gasteiger partial charge >= 0.3 is 0 Å². The topological polar surface area (TPSA) is 68.8 Å². The molecule has 0 saturated carbocycles. The fourth-order valence-corrected chi connectivity index (χ4v) is 2.32. The van der Waals surface area contributed by atoms with E-state index < -0.39 is 0 Å². The molecule has 0 saturated heterocycles. The lowest BCUT2D eigenvalue weighted by atomic mass is 10.1. The number of nitrogens with one attached hydrogen (secondary N) is 2. The van der Waals surface area contributed by atoms with Gasteiger partial charge in [0.05, 0.1) is 26.9 Å². The molecule has 0 aliphatic heterocycles. The van der Waals surface area contributed by atoms with Gasteiger partial charge in [0.15, 0.2) is 11.5 Å². The molecule has 2 aromatic rings. The Kier molecular flexibility index (Phi) is 8.04. The lowest BCUT2D eigenvalue weighted by molar-refractivity contribution is 0.102. The third-order valence-corrected chi connectivity index (χ3v) is 3.54. The van der Waals surface area contributed by atoms with Crippen molar-refractivity contribution in [2.45, 2.75) is 6.54 Å². The second kappa shape index (κ2) is 9.76. The van der Waals surface area contributed by atoms with Crippen molar-refractivity contribution in [3.8, 4) is 17.2 Å². The van der Waals surface area contributed by atoms with Gasteiger partial charge in [0.1, 0.15) is 5.75 Å². The molecule has 1 amide bonds. The predicted molar refractivity (Wildman–Crippen MR) is 101 cm³/mol. The minimum atomic E-state index is -0.283. The molecule has 7 heteroatoms. The molecule has 136 valence electrons. The Bertz CT molecular complexity index is 705. The number of amides is 1. The van der Waals surface area contributed by atoms with Crippen LogP contribution in [0.2, 0.25) is 0 Å². The fourth-order valence-electron chi connectivity index (χ4n) is 2.32. The van der Waals surface area contributed by atoms with E-state index in [1.165, 1.54) is 21.3 Å². The van der Waals surface area contributed by atoms with Crippen molar-refractivity contribution in [2.24, 2.45) is 0 Å². The summed E-state index contributed by atoms with van der Waals surface area (Å²) in [6.07, 6.45) is 0. The maximum Gasteiger partial charge on any atom is 0.259 e. The van der Waals surface area contributed by atoms with Crippen molar-refractivity contribution in [1.82, 2.24) is 5.32 Å². The number of methoxy groups -OCH3 is 3. The molecule has 0 heterocycles. The summed E-state index contributed by atoms with van der Waals surface area (Å²) in [6.45, 7) is 0.776. The molecule has 0 spiro atoms. The molecular weight excluding hydrogens is 344 g/mol. The van der Waals surface area contributed by atoms with Crippen LogP contribution in [0.4, 0.5) is 5.69 Å². The third kappa shape index (κ3) is 5.01. The van der Waals surface area contributed by atoms with E-state index in [1.54, 1.807) is 12.1 Å². The van der Waals surface area contributed by atoms with Crippen molar-refractivity contribution >= 4 is 24.0 Å². The molecule has 0 aromatic heterocycles. The lowest BCUT2D eigenvalue weighted by Gasteiger charge is -2.14. The molecule has 25 heavy (non-hydrogen) atoms. The number of rotatable bonds is 7. The van der Waals surface area contributed by atoms with Gasteiger partial charge in [-0.25, -0.2) is 0 Å². The zero-order valence-electron chi connectivity index (χ0n) is 14.7. The Morgan fingerprint density at radius 1 is 0.920 bits per heavy atom. The summed E-state index contributed by atoms with van der Waals surface area (Å²) in [4.78, 5) is 12.6. The maximum absolute atomic E-state index is 12.6. The molecule has 0 atom stereocenters. The standard InChI is InChI=1S/C18H22N2O4.ClH/c1-19-11-12-5-7-13(8-6-12)20-18(21)14-9-16(23-3)17(24-4)10-15(14)22-2;/h5-10,19H,11H2,1-4H3,(H,20,21);1H. The SMILES string of the molecule is CNCc1ccc(NC(=O)c2cc(OC)c(OC)cc2OC)cc1.Cl. The minimum Gasteiger partial charge on any atom is -0.496 e. The molecule has 2 N–H and O–H groups in total. The van der Waals surface area contributed by atoms with Crippen molar-refractivity contribution in [3.05, 3.63) is 47.5 Å². The van der Waals surface area contributed by atoms with E-state index in [2.05, 4.69) is 10.6 Å². The number of hydrogen-bond donors (Lipinski definition) is 2. The largest absolute Gasteiger partial charge is 0.496 e. The molecule has 2 aromatic carbocycles. The number of carbonyl (C=O) groups excluding carboxylic acids is 1. The van der Waals surface area contributed by atoms with Crippen molar-refractivity contribution < 1.29 is 19.0 Å². The highest BCUT2D eigenvalue weighted by Crippen LogP contribution is 2.34. The zero-order valence-corrected chi connectivity index (χ0v) is 15.5. The summed E-state index contributed by atoms with van der Waals surface area (Å²) in [5.74, 6) is 1.10. The number of hydrogen-bond acceptors (Lipinski definition) is 5. The molecule has 0 unspecified atom stereocenters. The van der Waals surface area contributed by atoms with Crippen molar-refractivity contribution in [1.29, 1.82) is 0 Å². The first-order valence-corrected chi connectivity index (χ1v) is 7.47. The monoisotopic (exact) mass is 366 g/mol. The Hall–Kier alpha value is -2.44. The molecule has 6 nitrogen and oxygen atoms in total. The number of halogens is 1. The van der Waals surface area contributed by atoms with Gasteiger partial charge in [-0.3, -0.25) is 4.79 Å². The summed E-state index contributed by atoms with van der Waals surface area (Å²) in [5.41, 5.74) is 2.21. The highest BCUT2D eigenvalue weighted by atomic mass is 35.5. The number of benzene rings is 2. The van der Waals surface area contributed by atoms with Gasteiger partial charge in [-0.15, -0.1) is 12.4 Å². The van der Waals surface area contributed by atoms with Gasteiger partial charge in [-0.05, 0) is 24.7 Å². The first-order chi connectivity index (χ1) is 11.6. The zero-order chi connectivity index (χ0) is 17.5. The van der Waals surface area contributed by atoms with Crippen LogP contribution >= 0.6 is 12.4 Å². The van der Waals surface area contributed by atoms with Crippen LogP contribution in [-0.2, 0) is 6.54 Å². The second-order valence-corrected chi connectivity index (χ2v) is 5.09. The van der Waals surface area contributed by atoms with Gasteiger partial charge in [0, 0.05) is 24.4 Å². The second-order valence-electron chi connectivity index (χ2n) is 5.09.